The van der Waals surface area contributed by atoms with E-state index in [4.69, 9.17) is 0 Å². The lowest BCUT2D eigenvalue weighted by Gasteiger charge is -2.16. The Morgan fingerprint density at radius 3 is 1.05 bits per heavy atom. The third-order valence-electron chi connectivity index (χ3n) is 15.6. The zero-order valence-corrected chi connectivity index (χ0v) is 39.9. The summed E-state index contributed by atoms with van der Waals surface area (Å²) < 4.78 is 2.49. The zero-order chi connectivity index (χ0) is 48.0. The molecule has 1 heterocycles. The van der Waals surface area contributed by atoms with Crippen molar-refractivity contribution in [3.63, 3.8) is 0 Å². The summed E-state index contributed by atoms with van der Waals surface area (Å²) in [6.45, 7) is 0. The molecule has 0 bridgehead atoms. The van der Waals surface area contributed by atoms with Gasteiger partial charge in [-0.3, -0.25) is 0 Å². The summed E-state index contributed by atoms with van der Waals surface area (Å²) in [4.78, 5) is 0. The molecule has 0 aliphatic rings. The average Bonchev–Trinajstić information content (AvgIpc) is 3.79. The van der Waals surface area contributed by atoms with Crippen LogP contribution in [0.3, 0.4) is 0 Å². The van der Waals surface area contributed by atoms with E-state index in [2.05, 4.69) is 278 Å². The third kappa shape index (κ3) is 6.78. The summed E-state index contributed by atoms with van der Waals surface area (Å²) in [5, 5.41) is 17.6. The molecule has 0 atom stereocenters. The van der Waals surface area contributed by atoms with E-state index in [1.807, 2.05) is 0 Å². The summed E-state index contributed by atoms with van der Waals surface area (Å²) in [5.41, 5.74) is 15.6. The standard InChI is InChI=1S/C72H45N/c1-6-16-61-50(10-1)13-9-19-64(61)66-38-41-70(67-18-8-7-17-65(66)67)73-71-39-34-55(48-24-20-46(21-25-48)53-32-36-62-57(42-53)30-28-51-11-2-4-14-59(51)62)44-68(71)69-45-56(35-40-72(69)73)49-26-22-47(23-27-49)54-33-37-63-58(43-54)31-29-52-12-3-5-15-60(52)63/h1-45H. The monoisotopic (exact) mass is 923 g/mol. The lowest BCUT2D eigenvalue weighted by Crippen LogP contribution is -1.96. The number of nitrogens with zero attached hydrogens (tertiary/aromatic N) is 1. The second kappa shape index (κ2) is 16.5. The minimum Gasteiger partial charge on any atom is -0.309 e. The minimum absolute atomic E-state index is 1.17. The maximum Gasteiger partial charge on any atom is 0.0541 e. The Balaban J connectivity index is 0.853. The molecule has 0 unspecified atom stereocenters. The zero-order valence-electron chi connectivity index (χ0n) is 39.9. The van der Waals surface area contributed by atoms with Gasteiger partial charge in [0.25, 0.3) is 0 Å². The van der Waals surface area contributed by atoms with Crippen LogP contribution in [0, 0.1) is 0 Å². The molecule has 0 amide bonds. The van der Waals surface area contributed by atoms with Gasteiger partial charge in [0, 0.05) is 16.2 Å². The van der Waals surface area contributed by atoms with Crippen LogP contribution in [-0.2, 0) is 0 Å². The maximum absolute atomic E-state index is 2.49. The number of aromatic nitrogens is 1. The van der Waals surface area contributed by atoms with E-state index in [1.54, 1.807) is 0 Å². The molecule has 338 valence electrons. The van der Waals surface area contributed by atoms with Gasteiger partial charge in [0.05, 0.1) is 16.7 Å². The summed E-state index contributed by atoms with van der Waals surface area (Å²) in [5.74, 6) is 0. The summed E-state index contributed by atoms with van der Waals surface area (Å²) in [6.07, 6.45) is 0. The molecular weight excluding hydrogens is 879 g/mol. The number of rotatable bonds is 6. The molecule has 1 aromatic heterocycles. The van der Waals surface area contributed by atoms with Crippen molar-refractivity contribution in [3.05, 3.63) is 273 Å². The smallest absolute Gasteiger partial charge is 0.0541 e. The van der Waals surface area contributed by atoms with Gasteiger partial charge in [0.1, 0.15) is 0 Å². The van der Waals surface area contributed by atoms with Crippen LogP contribution in [-0.4, -0.2) is 4.57 Å². The highest BCUT2D eigenvalue weighted by Gasteiger charge is 2.19. The van der Waals surface area contributed by atoms with E-state index >= 15 is 0 Å². The first-order valence-corrected chi connectivity index (χ1v) is 25.3. The van der Waals surface area contributed by atoms with E-state index in [-0.39, 0.29) is 0 Å². The number of fused-ring (bicyclic) bond motifs is 11. The van der Waals surface area contributed by atoms with Gasteiger partial charge in [-0.15, -0.1) is 0 Å². The highest BCUT2D eigenvalue weighted by Crippen LogP contribution is 2.42. The van der Waals surface area contributed by atoms with Gasteiger partial charge < -0.3 is 4.57 Å². The second-order valence-electron chi connectivity index (χ2n) is 19.6. The number of hydrogen-bond acceptors (Lipinski definition) is 0. The Kier molecular flexibility index (Phi) is 9.33. The van der Waals surface area contributed by atoms with Crippen LogP contribution < -0.4 is 0 Å². The van der Waals surface area contributed by atoms with Gasteiger partial charge in [-0.1, -0.05) is 231 Å². The van der Waals surface area contributed by atoms with Crippen molar-refractivity contribution in [1.82, 2.24) is 4.57 Å². The molecule has 0 aliphatic carbocycles. The van der Waals surface area contributed by atoms with Gasteiger partial charge in [0.2, 0.25) is 0 Å². The molecule has 1 heteroatoms. The van der Waals surface area contributed by atoms with E-state index in [1.165, 1.54) is 148 Å². The van der Waals surface area contributed by atoms with E-state index < -0.39 is 0 Å². The van der Waals surface area contributed by atoms with Gasteiger partial charge in [-0.05, 0) is 157 Å². The van der Waals surface area contributed by atoms with Gasteiger partial charge in [0.15, 0.2) is 0 Å². The maximum atomic E-state index is 2.49. The van der Waals surface area contributed by atoms with Crippen molar-refractivity contribution >= 4 is 86.4 Å². The average molecular weight is 924 g/mol. The highest BCUT2D eigenvalue weighted by molar-refractivity contribution is 6.15. The van der Waals surface area contributed by atoms with Crippen molar-refractivity contribution < 1.29 is 0 Å². The van der Waals surface area contributed by atoms with E-state index in [9.17, 15) is 0 Å². The fourth-order valence-corrected chi connectivity index (χ4v) is 11.9. The molecule has 0 saturated heterocycles. The van der Waals surface area contributed by atoms with Gasteiger partial charge in [-0.2, -0.15) is 0 Å². The molecule has 0 aliphatic heterocycles. The Morgan fingerprint density at radius 1 is 0.178 bits per heavy atom. The van der Waals surface area contributed by atoms with Crippen LogP contribution in [0.15, 0.2) is 273 Å². The molecule has 14 aromatic carbocycles. The summed E-state index contributed by atoms with van der Waals surface area (Å²) in [6, 6.07) is 101. The molecule has 73 heavy (non-hydrogen) atoms. The first-order valence-electron chi connectivity index (χ1n) is 25.3. The van der Waals surface area contributed by atoms with Crippen LogP contribution in [0.4, 0.5) is 0 Å². The fraction of sp³-hybridized carbons (Fsp3) is 0. The first-order chi connectivity index (χ1) is 36.2. The molecule has 0 spiro atoms. The van der Waals surface area contributed by atoms with Crippen molar-refractivity contribution in [2.24, 2.45) is 0 Å². The molecule has 1 nitrogen and oxygen atoms in total. The van der Waals surface area contributed by atoms with E-state index in [0.29, 0.717) is 0 Å². The van der Waals surface area contributed by atoms with Gasteiger partial charge in [-0.25, -0.2) is 0 Å². The second-order valence-corrected chi connectivity index (χ2v) is 19.6. The van der Waals surface area contributed by atoms with Crippen LogP contribution in [0.1, 0.15) is 0 Å². The Hall–Kier alpha value is -9.56. The van der Waals surface area contributed by atoms with Crippen LogP contribution in [0.25, 0.3) is 148 Å². The lowest BCUT2D eigenvalue weighted by atomic mass is 9.93. The van der Waals surface area contributed by atoms with Crippen LogP contribution in [0.5, 0.6) is 0 Å². The predicted octanol–water partition coefficient (Wildman–Crippen LogP) is 20.0. The summed E-state index contributed by atoms with van der Waals surface area (Å²) in [7, 11) is 0. The van der Waals surface area contributed by atoms with Crippen molar-refractivity contribution in [1.29, 1.82) is 0 Å². The Morgan fingerprint density at radius 2 is 0.534 bits per heavy atom. The molecule has 15 aromatic rings. The Labute approximate surface area is 423 Å². The first kappa shape index (κ1) is 41.2. The molecule has 0 saturated carbocycles. The number of hydrogen-bond donors (Lipinski definition) is 0. The molecule has 15 rings (SSSR count). The number of benzene rings is 14. The Bertz CT molecular complexity index is 4480. The van der Waals surface area contributed by atoms with Crippen molar-refractivity contribution in [2.75, 3.05) is 0 Å². The van der Waals surface area contributed by atoms with Crippen LogP contribution in [0.2, 0.25) is 0 Å². The third-order valence-corrected chi connectivity index (χ3v) is 15.6. The fourth-order valence-electron chi connectivity index (χ4n) is 11.9. The van der Waals surface area contributed by atoms with Crippen LogP contribution >= 0.6 is 0 Å². The van der Waals surface area contributed by atoms with Crippen molar-refractivity contribution in [3.8, 4) is 61.3 Å². The molecule has 0 radical (unpaired) electrons. The predicted molar refractivity (Wildman–Crippen MR) is 313 cm³/mol. The summed E-state index contributed by atoms with van der Waals surface area (Å²) >= 11 is 0. The SMILES string of the molecule is c1ccc2c(-c3ccc(-n4c5ccc(-c6ccc(-c7ccc8c(ccc9ccccc98)c7)cc6)cc5c5cc(-c6ccc(-c7ccc8c(ccc9ccccc98)c7)cc6)ccc54)c4ccccc34)cccc2c1. The topological polar surface area (TPSA) is 4.93 Å². The normalized spacial score (nSPS) is 11.8. The highest BCUT2D eigenvalue weighted by atomic mass is 15.0. The van der Waals surface area contributed by atoms with E-state index in [0.717, 1.165) is 0 Å². The molecule has 0 fully saturated rings. The van der Waals surface area contributed by atoms with Gasteiger partial charge >= 0.3 is 0 Å². The lowest BCUT2D eigenvalue weighted by molar-refractivity contribution is 1.20. The largest absolute Gasteiger partial charge is 0.309 e. The van der Waals surface area contributed by atoms with Crippen molar-refractivity contribution in [2.45, 2.75) is 0 Å². The molecular formula is C72H45N. The molecule has 0 N–H and O–H groups in total. The minimum atomic E-state index is 1.17. The quantitative estimate of drug-likeness (QED) is 0.146.